The fourth-order valence-corrected chi connectivity index (χ4v) is 3.71. The van der Waals surface area contributed by atoms with E-state index in [9.17, 15) is 4.79 Å². The van der Waals surface area contributed by atoms with Crippen LogP contribution in [0.15, 0.2) is 83.9 Å². The van der Waals surface area contributed by atoms with Crippen LogP contribution in [0.5, 0.6) is 5.75 Å². The van der Waals surface area contributed by atoms with Crippen LogP contribution in [-0.4, -0.2) is 31.8 Å². The van der Waals surface area contributed by atoms with E-state index in [2.05, 4.69) is 12.1 Å². The number of carbonyl (C=O) groups excluding carboxylic acids is 1. The Morgan fingerprint density at radius 3 is 2.23 bits per heavy atom. The number of carbonyl (C=O) groups is 1. The number of methoxy groups -OCH3 is 1. The molecule has 4 heteroatoms. The first-order chi connectivity index (χ1) is 14.7. The van der Waals surface area contributed by atoms with Crippen LogP contribution in [0.1, 0.15) is 29.6 Å². The smallest absolute Gasteiger partial charge is 0.182 e. The van der Waals surface area contributed by atoms with Crippen LogP contribution in [0.4, 0.5) is 5.69 Å². The van der Waals surface area contributed by atoms with E-state index in [1.54, 1.807) is 7.11 Å². The third-order valence-electron chi connectivity index (χ3n) is 5.41. The van der Waals surface area contributed by atoms with Gasteiger partial charge in [0, 0.05) is 24.2 Å². The lowest BCUT2D eigenvalue weighted by Crippen LogP contribution is -2.37. The molecule has 0 spiro atoms. The Balaban J connectivity index is 1.56. The predicted octanol–water partition coefficient (Wildman–Crippen LogP) is 5.63. The normalized spacial score (nSPS) is 13.4. The van der Waals surface area contributed by atoms with E-state index in [1.807, 2.05) is 71.6 Å². The first kappa shape index (κ1) is 19.9. The summed E-state index contributed by atoms with van der Waals surface area (Å²) < 4.78 is 5.28. The van der Waals surface area contributed by atoms with Gasteiger partial charge in [-0.3, -0.25) is 9.79 Å². The molecular formula is C26H26N2O2. The monoisotopic (exact) mass is 398 g/mol. The average Bonchev–Trinajstić information content (AvgIpc) is 2.84. The molecule has 0 radical (unpaired) electrons. The van der Waals surface area contributed by atoms with Gasteiger partial charge in [-0.25, -0.2) is 0 Å². The fourth-order valence-electron chi connectivity index (χ4n) is 3.71. The number of nitrogens with zero attached hydrogens (tertiary/aromatic N) is 2. The molecule has 0 saturated heterocycles. The second-order valence-electron chi connectivity index (χ2n) is 7.41. The Kier molecular flexibility index (Phi) is 6.23. The van der Waals surface area contributed by atoms with E-state index in [0.717, 1.165) is 54.2 Å². The van der Waals surface area contributed by atoms with Gasteiger partial charge >= 0.3 is 0 Å². The highest BCUT2D eigenvalue weighted by Gasteiger charge is 2.20. The first-order valence-electron chi connectivity index (χ1n) is 10.4. The summed E-state index contributed by atoms with van der Waals surface area (Å²) in [5.41, 5.74) is 3.93. The summed E-state index contributed by atoms with van der Waals surface area (Å²) in [6, 6.07) is 25.9. The molecule has 0 saturated carbocycles. The molecular weight excluding hydrogens is 372 g/mol. The predicted molar refractivity (Wildman–Crippen MR) is 123 cm³/mol. The van der Waals surface area contributed by atoms with Crippen LogP contribution in [0.2, 0.25) is 0 Å². The van der Waals surface area contributed by atoms with E-state index in [4.69, 9.17) is 9.73 Å². The third-order valence-corrected chi connectivity index (χ3v) is 5.41. The molecule has 4 rings (SSSR count). The summed E-state index contributed by atoms with van der Waals surface area (Å²) in [7, 11) is 1.65. The van der Waals surface area contributed by atoms with Crippen LogP contribution < -0.4 is 9.64 Å². The van der Waals surface area contributed by atoms with Crippen molar-refractivity contribution in [1.29, 1.82) is 0 Å². The van der Waals surface area contributed by atoms with Gasteiger partial charge in [-0.1, -0.05) is 54.6 Å². The maximum Gasteiger partial charge on any atom is 0.182 e. The summed E-state index contributed by atoms with van der Waals surface area (Å²) in [6.45, 7) is 1.10. The molecule has 0 aromatic heterocycles. The zero-order chi connectivity index (χ0) is 20.8. The Hall–Kier alpha value is -3.40. The molecule has 0 fully saturated rings. The molecule has 3 aromatic rings. The van der Waals surface area contributed by atoms with Gasteiger partial charge in [0.05, 0.1) is 13.7 Å². The van der Waals surface area contributed by atoms with Crippen LogP contribution in [0, 0.1) is 0 Å². The lowest BCUT2D eigenvalue weighted by molar-refractivity contribution is 0.100. The highest BCUT2D eigenvalue weighted by Crippen LogP contribution is 2.24. The molecule has 0 atom stereocenters. The fraction of sp³-hybridized carbons (Fsp3) is 0.231. The van der Waals surface area contributed by atoms with Crippen molar-refractivity contribution in [3.8, 4) is 16.9 Å². The highest BCUT2D eigenvalue weighted by atomic mass is 16.5. The van der Waals surface area contributed by atoms with E-state index in [-0.39, 0.29) is 12.3 Å². The van der Waals surface area contributed by atoms with Crippen molar-refractivity contribution >= 4 is 17.3 Å². The summed E-state index contributed by atoms with van der Waals surface area (Å²) in [5, 5.41) is 0. The van der Waals surface area contributed by atoms with E-state index in [1.165, 1.54) is 0 Å². The van der Waals surface area contributed by atoms with Gasteiger partial charge in [0.2, 0.25) is 0 Å². The summed E-state index contributed by atoms with van der Waals surface area (Å²) >= 11 is 0. The second kappa shape index (κ2) is 9.40. The minimum atomic E-state index is 0.0821. The Bertz CT molecular complexity index is 1010. The second-order valence-corrected chi connectivity index (χ2v) is 7.41. The maximum atomic E-state index is 13.1. The molecule has 3 aromatic carbocycles. The Labute approximate surface area is 177 Å². The molecule has 0 unspecified atom stereocenters. The number of aliphatic imine (C=N–C) groups is 1. The number of anilines is 1. The molecule has 4 nitrogen and oxygen atoms in total. The lowest BCUT2D eigenvalue weighted by Gasteiger charge is -2.28. The number of rotatable bonds is 6. The van der Waals surface area contributed by atoms with Crippen molar-refractivity contribution < 1.29 is 9.53 Å². The number of benzene rings is 3. The zero-order valence-electron chi connectivity index (χ0n) is 17.3. The van der Waals surface area contributed by atoms with E-state index < -0.39 is 0 Å². The quantitative estimate of drug-likeness (QED) is 0.505. The molecule has 0 aliphatic carbocycles. The lowest BCUT2D eigenvalue weighted by atomic mass is 10.0. The molecule has 0 N–H and O–H groups in total. The van der Waals surface area contributed by atoms with Crippen LogP contribution in [-0.2, 0) is 0 Å². The number of hydrogen-bond donors (Lipinski definition) is 0. The van der Waals surface area contributed by atoms with Gasteiger partial charge in [-0.2, -0.15) is 0 Å². The van der Waals surface area contributed by atoms with Gasteiger partial charge in [0.25, 0.3) is 0 Å². The molecule has 30 heavy (non-hydrogen) atoms. The van der Waals surface area contributed by atoms with Crippen LogP contribution >= 0.6 is 0 Å². The Morgan fingerprint density at radius 2 is 1.60 bits per heavy atom. The minimum absolute atomic E-state index is 0.0821. The van der Waals surface area contributed by atoms with Gasteiger partial charge < -0.3 is 9.64 Å². The number of ether oxygens (including phenoxy) is 1. The SMILES string of the molecule is COc1ccc(N(CC(=O)c2ccc(-c3ccccc3)cc2)C2=NCCCC2)cc1. The zero-order valence-corrected chi connectivity index (χ0v) is 17.3. The average molecular weight is 399 g/mol. The summed E-state index contributed by atoms with van der Waals surface area (Å²) in [6.07, 6.45) is 3.10. The molecule has 1 aliphatic heterocycles. The molecule has 1 heterocycles. The number of hydrogen-bond acceptors (Lipinski definition) is 4. The van der Waals surface area contributed by atoms with Crippen molar-refractivity contribution in [1.82, 2.24) is 0 Å². The van der Waals surface area contributed by atoms with Gasteiger partial charge in [0.1, 0.15) is 11.6 Å². The van der Waals surface area contributed by atoms with Gasteiger partial charge in [-0.15, -0.1) is 0 Å². The summed E-state index contributed by atoms with van der Waals surface area (Å²) in [5.74, 6) is 1.87. The number of Topliss-reactive ketones (excluding diaryl/α,β-unsaturated/α-hetero) is 1. The largest absolute Gasteiger partial charge is 0.497 e. The molecule has 0 bridgehead atoms. The molecule has 152 valence electrons. The molecule has 0 amide bonds. The number of ketones is 1. The van der Waals surface area contributed by atoms with Gasteiger partial charge in [-0.05, 0) is 48.2 Å². The van der Waals surface area contributed by atoms with Crippen molar-refractivity contribution in [2.75, 3.05) is 25.1 Å². The van der Waals surface area contributed by atoms with Crippen molar-refractivity contribution in [2.24, 2.45) is 4.99 Å². The topological polar surface area (TPSA) is 41.9 Å². The Morgan fingerprint density at radius 1 is 0.900 bits per heavy atom. The van der Waals surface area contributed by atoms with Crippen molar-refractivity contribution in [3.63, 3.8) is 0 Å². The van der Waals surface area contributed by atoms with Crippen molar-refractivity contribution in [3.05, 3.63) is 84.4 Å². The van der Waals surface area contributed by atoms with E-state index >= 15 is 0 Å². The first-order valence-corrected chi connectivity index (χ1v) is 10.4. The highest BCUT2D eigenvalue weighted by molar-refractivity contribution is 6.07. The van der Waals surface area contributed by atoms with E-state index in [0.29, 0.717) is 5.56 Å². The maximum absolute atomic E-state index is 13.1. The summed E-state index contributed by atoms with van der Waals surface area (Å²) in [4.78, 5) is 19.9. The number of amidine groups is 1. The standard InChI is InChI=1S/C26H26N2O2/c1-30-24-16-14-23(15-17-24)28(26-9-5-6-18-27-26)19-25(29)22-12-10-21(11-13-22)20-7-3-2-4-8-20/h2-4,7-8,10-17H,5-6,9,18-19H2,1H3. The van der Waals surface area contributed by atoms with Gasteiger partial charge in [0.15, 0.2) is 5.78 Å². The van der Waals surface area contributed by atoms with Crippen molar-refractivity contribution in [2.45, 2.75) is 19.3 Å². The third kappa shape index (κ3) is 4.60. The molecule has 1 aliphatic rings. The van der Waals surface area contributed by atoms with Crippen LogP contribution in [0.25, 0.3) is 11.1 Å². The van der Waals surface area contributed by atoms with Crippen LogP contribution in [0.3, 0.4) is 0 Å². The minimum Gasteiger partial charge on any atom is -0.497 e.